The van der Waals surface area contributed by atoms with E-state index in [0.29, 0.717) is 34.6 Å². The monoisotopic (exact) mass is 384 g/mol. The Morgan fingerprint density at radius 2 is 2.04 bits per heavy atom. The lowest BCUT2D eigenvalue weighted by molar-refractivity contribution is -0.0778. The minimum absolute atomic E-state index is 0.276. The quantitative estimate of drug-likeness (QED) is 0.811. The zero-order valence-corrected chi connectivity index (χ0v) is 17.2. The van der Waals surface area contributed by atoms with Crippen molar-refractivity contribution < 1.29 is 14.4 Å². The first-order valence-electron chi connectivity index (χ1n) is 9.45. The lowest BCUT2D eigenvalue weighted by Crippen LogP contribution is -2.51. The standard InChI is InChI=1S/C18H20N2O4.C4H8/c1-5-13-10(2)17(22)20(24-13)15-12-8-11(9-19)6-7-14(12)23-18(3,4)16(15)21;1-3-4-2/h6-8,15-16,21H,5H2,1-4H3;3H,1,4H2,2H3/t15-,16+;/m1./s1. The van der Waals surface area contributed by atoms with Crippen molar-refractivity contribution in [3.05, 3.63) is 63.7 Å². The van der Waals surface area contributed by atoms with Crippen LogP contribution in [0.1, 0.15) is 62.6 Å². The van der Waals surface area contributed by atoms with E-state index in [-0.39, 0.29) is 5.56 Å². The van der Waals surface area contributed by atoms with Crippen LogP contribution in [-0.2, 0) is 6.42 Å². The van der Waals surface area contributed by atoms with Gasteiger partial charge in [0.1, 0.15) is 29.3 Å². The van der Waals surface area contributed by atoms with Crippen molar-refractivity contribution in [2.45, 2.75) is 65.2 Å². The van der Waals surface area contributed by atoms with Gasteiger partial charge >= 0.3 is 0 Å². The molecule has 1 aromatic carbocycles. The number of aryl methyl sites for hydroxylation is 1. The van der Waals surface area contributed by atoms with Crippen LogP contribution in [-0.4, -0.2) is 21.6 Å². The van der Waals surface area contributed by atoms with Gasteiger partial charge in [0.15, 0.2) is 0 Å². The van der Waals surface area contributed by atoms with E-state index in [9.17, 15) is 9.90 Å². The molecule has 2 heterocycles. The number of benzene rings is 1. The number of aliphatic hydroxyl groups is 1. The topological polar surface area (TPSA) is 88.4 Å². The summed E-state index contributed by atoms with van der Waals surface area (Å²) in [6.45, 7) is 12.7. The molecule has 1 aliphatic heterocycles. The van der Waals surface area contributed by atoms with Crippen molar-refractivity contribution in [1.82, 2.24) is 4.74 Å². The summed E-state index contributed by atoms with van der Waals surface area (Å²) in [5.74, 6) is 1.13. The lowest BCUT2D eigenvalue weighted by atomic mass is 9.86. The first-order chi connectivity index (χ1) is 13.2. The molecule has 0 amide bonds. The van der Waals surface area contributed by atoms with Crippen LogP contribution in [0.5, 0.6) is 5.75 Å². The van der Waals surface area contributed by atoms with Crippen LogP contribution >= 0.6 is 0 Å². The highest BCUT2D eigenvalue weighted by atomic mass is 16.5. The molecule has 0 fully saturated rings. The Hall–Kier alpha value is -2.78. The fourth-order valence-electron chi connectivity index (χ4n) is 3.12. The van der Waals surface area contributed by atoms with Gasteiger partial charge in [0, 0.05) is 12.0 Å². The zero-order chi connectivity index (χ0) is 21.1. The minimum atomic E-state index is -1.01. The Bertz CT molecular complexity index is 946. The summed E-state index contributed by atoms with van der Waals surface area (Å²) >= 11 is 0. The maximum Gasteiger partial charge on any atom is 0.286 e. The fourth-order valence-corrected chi connectivity index (χ4v) is 3.12. The van der Waals surface area contributed by atoms with E-state index in [1.165, 1.54) is 4.74 Å². The summed E-state index contributed by atoms with van der Waals surface area (Å²) in [6.07, 6.45) is 2.54. The number of rotatable bonds is 3. The summed E-state index contributed by atoms with van der Waals surface area (Å²) in [5, 5.41) is 20.0. The number of aromatic nitrogens is 1. The Balaban J connectivity index is 0.000000640. The van der Waals surface area contributed by atoms with Gasteiger partial charge in [-0.25, -0.2) is 0 Å². The van der Waals surface area contributed by atoms with Gasteiger partial charge in [-0.05, 0) is 45.4 Å². The van der Waals surface area contributed by atoms with E-state index in [2.05, 4.69) is 19.6 Å². The minimum Gasteiger partial charge on any atom is -0.485 e. The number of aliphatic hydroxyl groups excluding tert-OH is 1. The Morgan fingerprint density at radius 3 is 2.54 bits per heavy atom. The highest BCUT2D eigenvalue weighted by Gasteiger charge is 2.45. The summed E-state index contributed by atoms with van der Waals surface area (Å²) in [5.41, 5.74) is 0.354. The van der Waals surface area contributed by atoms with Gasteiger partial charge in [-0.15, -0.1) is 6.58 Å². The molecule has 0 bridgehead atoms. The molecule has 0 saturated carbocycles. The maximum absolute atomic E-state index is 12.6. The van der Waals surface area contributed by atoms with Crippen LogP contribution in [0.2, 0.25) is 0 Å². The average molecular weight is 384 g/mol. The van der Waals surface area contributed by atoms with E-state index in [4.69, 9.17) is 14.5 Å². The molecule has 2 atom stereocenters. The highest BCUT2D eigenvalue weighted by Crippen LogP contribution is 2.42. The van der Waals surface area contributed by atoms with Gasteiger partial charge in [0.05, 0.1) is 17.2 Å². The van der Waals surface area contributed by atoms with Crippen molar-refractivity contribution >= 4 is 0 Å². The average Bonchev–Trinajstić information content (AvgIpc) is 2.97. The molecular formula is C22H28N2O4. The van der Waals surface area contributed by atoms with Crippen LogP contribution in [0.15, 0.2) is 40.2 Å². The van der Waals surface area contributed by atoms with Crippen LogP contribution in [0, 0.1) is 18.3 Å². The predicted molar refractivity (Wildman–Crippen MR) is 108 cm³/mol. The lowest BCUT2D eigenvalue weighted by Gasteiger charge is -2.41. The molecule has 0 unspecified atom stereocenters. The normalized spacial score (nSPS) is 19.5. The van der Waals surface area contributed by atoms with Crippen molar-refractivity contribution in [1.29, 1.82) is 5.26 Å². The second-order valence-electron chi connectivity index (χ2n) is 7.28. The molecule has 1 aliphatic rings. The van der Waals surface area contributed by atoms with Gasteiger partial charge in [-0.3, -0.25) is 4.79 Å². The van der Waals surface area contributed by atoms with E-state index in [1.54, 1.807) is 39.0 Å². The molecular weight excluding hydrogens is 356 g/mol. The van der Waals surface area contributed by atoms with Gasteiger partial charge in [-0.1, -0.05) is 19.9 Å². The molecule has 28 heavy (non-hydrogen) atoms. The van der Waals surface area contributed by atoms with E-state index in [0.717, 1.165) is 6.42 Å². The van der Waals surface area contributed by atoms with E-state index < -0.39 is 17.7 Å². The van der Waals surface area contributed by atoms with Crippen LogP contribution in [0.4, 0.5) is 0 Å². The number of nitrogens with zero attached hydrogens (tertiary/aromatic N) is 2. The maximum atomic E-state index is 12.6. The summed E-state index contributed by atoms with van der Waals surface area (Å²) in [4.78, 5) is 12.6. The molecule has 6 nitrogen and oxygen atoms in total. The van der Waals surface area contributed by atoms with E-state index >= 15 is 0 Å². The van der Waals surface area contributed by atoms with Crippen LogP contribution in [0.3, 0.4) is 0 Å². The van der Waals surface area contributed by atoms with Gasteiger partial charge in [-0.2, -0.15) is 10.0 Å². The summed E-state index contributed by atoms with van der Waals surface area (Å²) in [6, 6.07) is 6.30. The summed E-state index contributed by atoms with van der Waals surface area (Å²) in [7, 11) is 0. The van der Waals surface area contributed by atoms with E-state index in [1.807, 2.05) is 13.0 Å². The third-order valence-corrected chi connectivity index (χ3v) is 4.85. The van der Waals surface area contributed by atoms with Crippen molar-refractivity contribution in [3.63, 3.8) is 0 Å². The molecule has 3 rings (SSSR count). The van der Waals surface area contributed by atoms with Crippen molar-refractivity contribution in [2.24, 2.45) is 0 Å². The Labute approximate surface area is 165 Å². The molecule has 0 radical (unpaired) electrons. The largest absolute Gasteiger partial charge is 0.485 e. The molecule has 0 spiro atoms. The number of hydrogen-bond donors (Lipinski definition) is 1. The smallest absolute Gasteiger partial charge is 0.286 e. The number of hydrogen-bond acceptors (Lipinski definition) is 5. The fraction of sp³-hybridized carbons (Fsp3) is 0.455. The third-order valence-electron chi connectivity index (χ3n) is 4.85. The second-order valence-corrected chi connectivity index (χ2v) is 7.28. The highest BCUT2D eigenvalue weighted by molar-refractivity contribution is 5.46. The van der Waals surface area contributed by atoms with Crippen LogP contribution < -0.4 is 10.3 Å². The number of allylic oxidation sites excluding steroid dienone is 1. The van der Waals surface area contributed by atoms with Gasteiger partial charge < -0.3 is 14.4 Å². The first kappa shape index (κ1) is 21.5. The van der Waals surface area contributed by atoms with Crippen LogP contribution in [0.25, 0.3) is 0 Å². The predicted octanol–water partition coefficient (Wildman–Crippen LogP) is 3.89. The zero-order valence-electron chi connectivity index (χ0n) is 17.2. The second kappa shape index (κ2) is 8.49. The number of fused-ring (bicyclic) bond motifs is 1. The van der Waals surface area contributed by atoms with Gasteiger partial charge in [0.2, 0.25) is 0 Å². The Kier molecular flexibility index (Phi) is 6.52. The summed E-state index contributed by atoms with van der Waals surface area (Å²) < 4.78 is 12.8. The molecule has 0 saturated heterocycles. The molecule has 2 aromatic rings. The first-order valence-corrected chi connectivity index (χ1v) is 9.45. The molecule has 1 N–H and O–H groups in total. The van der Waals surface area contributed by atoms with Crippen molar-refractivity contribution in [3.8, 4) is 11.8 Å². The SMILES string of the molecule is C=CCC.CCc1on([C@@H]2c3cc(C#N)ccc3OC(C)(C)[C@H]2O)c(=O)c1C. The number of nitriles is 1. The van der Waals surface area contributed by atoms with Crippen molar-refractivity contribution in [2.75, 3.05) is 0 Å². The number of ether oxygens (including phenoxy) is 1. The molecule has 1 aromatic heterocycles. The third kappa shape index (κ3) is 3.90. The van der Waals surface area contributed by atoms with Gasteiger partial charge in [0.25, 0.3) is 5.56 Å². The molecule has 6 heteroatoms. The molecule has 150 valence electrons. The Morgan fingerprint density at radius 1 is 1.39 bits per heavy atom. The molecule has 0 aliphatic carbocycles.